The van der Waals surface area contributed by atoms with Crippen molar-refractivity contribution < 1.29 is 19.6 Å². The summed E-state index contributed by atoms with van der Waals surface area (Å²) in [4.78, 5) is 46.1. The lowest BCUT2D eigenvalue weighted by atomic mass is 10.0. The SMILES string of the molecule is O=C1c2cc(Sc3ccccc3)cc([N+](=O)[O-])c2-c2c1cc([N+](=O)[O-])cc2[N+](=O)[O-]. The number of hydrogen-bond donors (Lipinski definition) is 0. The number of nitrogens with zero attached hydrogens (tertiary/aromatic N) is 3. The van der Waals surface area contributed by atoms with E-state index in [-0.39, 0.29) is 22.3 Å². The van der Waals surface area contributed by atoms with Crippen molar-refractivity contribution >= 4 is 34.6 Å². The fraction of sp³-hybridized carbons (Fsp3) is 0. The molecule has 0 radical (unpaired) electrons. The first-order valence-corrected chi connectivity index (χ1v) is 9.17. The number of benzene rings is 3. The van der Waals surface area contributed by atoms with E-state index in [9.17, 15) is 35.1 Å². The zero-order valence-electron chi connectivity index (χ0n) is 14.8. The second kappa shape index (κ2) is 7.04. The van der Waals surface area contributed by atoms with E-state index < -0.39 is 37.6 Å². The Labute approximate surface area is 171 Å². The molecule has 1 aliphatic rings. The maximum absolute atomic E-state index is 12.9. The van der Waals surface area contributed by atoms with Gasteiger partial charge in [0, 0.05) is 33.1 Å². The molecular formula is C19H9N3O7S. The largest absolute Gasteiger partial charge is 0.289 e. The van der Waals surface area contributed by atoms with E-state index >= 15 is 0 Å². The number of fused-ring (bicyclic) bond motifs is 3. The predicted molar refractivity (Wildman–Crippen MR) is 106 cm³/mol. The monoisotopic (exact) mass is 423 g/mol. The van der Waals surface area contributed by atoms with E-state index in [4.69, 9.17) is 0 Å². The Morgan fingerprint density at radius 1 is 0.667 bits per heavy atom. The van der Waals surface area contributed by atoms with Crippen molar-refractivity contribution in [3.63, 3.8) is 0 Å². The number of hydrogen-bond acceptors (Lipinski definition) is 8. The minimum atomic E-state index is -0.884. The number of nitro groups is 3. The average Bonchev–Trinajstić information content (AvgIpc) is 2.99. The summed E-state index contributed by atoms with van der Waals surface area (Å²) in [6.45, 7) is 0. The molecule has 0 unspecified atom stereocenters. The molecule has 3 aromatic rings. The third-order valence-electron chi connectivity index (χ3n) is 4.52. The zero-order valence-corrected chi connectivity index (χ0v) is 15.6. The summed E-state index contributed by atoms with van der Waals surface area (Å²) in [6, 6.07) is 13.2. The Balaban J connectivity index is 1.98. The van der Waals surface area contributed by atoms with Gasteiger partial charge in [0.05, 0.1) is 32.0 Å². The van der Waals surface area contributed by atoms with Crippen molar-refractivity contribution in [2.45, 2.75) is 9.79 Å². The van der Waals surface area contributed by atoms with Crippen LogP contribution < -0.4 is 0 Å². The van der Waals surface area contributed by atoms with E-state index in [1.54, 1.807) is 30.3 Å². The molecule has 0 saturated carbocycles. The molecular weight excluding hydrogens is 414 g/mol. The molecule has 0 heterocycles. The van der Waals surface area contributed by atoms with Gasteiger partial charge < -0.3 is 0 Å². The third kappa shape index (κ3) is 3.06. The van der Waals surface area contributed by atoms with Crippen LogP contribution in [-0.4, -0.2) is 20.6 Å². The smallest absolute Gasteiger partial charge is 0.285 e. The van der Waals surface area contributed by atoms with E-state index in [2.05, 4.69) is 0 Å². The Morgan fingerprint density at radius 3 is 1.80 bits per heavy atom. The molecule has 0 aromatic heterocycles. The van der Waals surface area contributed by atoms with Gasteiger partial charge in [-0.3, -0.25) is 35.1 Å². The van der Waals surface area contributed by atoms with E-state index in [1.165, 1.54) is 23.9 Å². The molecule has 4 rings (SSSR count). The van der Waals surface area contributed by atoms with Crippen LogP contribution in [0.5, 0.6) is 0 Å². The number of non-ortho nitro benzene ring substituents is 1. The summed E-state index contributed by atoms with van der Waals surface area (Å²) in [5.41, 5.74) is -2.69. The van der Waals surface area contributed by atoms with Gasteiger partial charge in [0.1, 0.15) is 0 Å². The number of carbonyl (C=O) groups is 1. The number of nitro benzene ring substituents is 3. The highest BCUT2D eigenvalue weighted by Crippen LogP contribution is 2.50. The molecule has 30 heavy (non-hydrogen) atoms. The van der Waals surface area contributed by atoms with Crippen LogP contribution in [0, 0.1) is 30.3 Å². The van der Waals surface area contributed by atoms with Crippen LogP contribution in [0.15, 0.2) is 64.4 Å². The highest BCUT2D eigenvalue weighted by atomic mass is 32.2. The van der Waals surface area contributed by atoms with Crippen molar-refractivity contribution in [1.82, 2.24) is 0 Å². The van der Waals surface area contributed by atoms with Crippen LogP contribution >= 0.6 is 11.8 Å². The van der Waals surface area contributed by atoms with Crippen LogP contribution in [0.4, 0.5) is 17.1 Å². The first-order chi connectivity index (χ1) is 14.3. The van der Waals surface area contributed by atoms with Crippen molar-refractivity contribution in [2.75, 3.05) is 0 Å². The lowest BCUT2D eigenvalue weighted by molar-refractivity contribution is -0.394. The fourth-order valence-corrected chi connectivity index (χ4v) is 4.23. The standard InChI is InChI=1S/C19H9N3O7S/c23-19-13-6-10(20(24)25)7-15(21(26)27)17(13)18-14(19)8-12(9-16(18)22(28)29)30-11-4-2-1-3-5-11/h1-9H. The fourth-order valence-electron chi connectivity index (χ4n) is 3.32. The van der Waals surface area contributed by atoms with Gasteiger partial charge in [-0.2, -0.15) is 0 Å². The first-order valence-electron chi connectivity index (χ1n) is 8.35. The molecule has 0 spiro atoms. The van der Waals surface area contributed by atoms with Gasteiger partial charge >= 0.3 is 0 Å². The van der Waals surface area contributed by atoms with Crippen LogP contribution in [0.1, 0.15) is 15.9 Å². The van der Waals surface area contributed by atoms with Crippen molar-refractivity contribution in [1.29, 1.82) is 0 Å². The minimum Gasteiger partial charge on any atom is -0.289 e. The van der Waals surface area contributed by atoms with Crippen LogP contribution in [0.25, 0.3) is 11.1 Å². The molecule has 11 heteroatoms. The molecule has 148 valence electrons. The van der Waals surface area contributed by atoms with Gasteiger partial charge in [-0.05, 0) is 18.2 Å². The lowest BCUT2D eigenvalue weighted by Crippen LogP contribution is -1.99. The van der Waals surface area contributed by atoms with Crippen molar-refractivity contribution in [3.8, 4) is 11.1 Å². The average molecular weight is 423 g/mol. The van der Waals surface area contributed by atoms with Crippen molar-refractivity contribution in [2.24, 2.45) is 0 Å². The summed E-state index contributed by atoms with van der Waals surface area (Å²) in [6.07, 6.45) is 0. The topological polar surface area (TPSA) is 146 Å². The third-order valence-corrected chi connectivity index (χ3v) is 5.49. The van der Waals surface area contributed by atoms with Crippen LogP contribution in [0.2, 0.25) is 0 Å². The minimum absolute atomic E-state index is 0.0961. The number of carbonyl (C=O) groups excluding carboxylic acids is 1. The van der Waals surface area contributed by atoms with E-state index in [0.717, 1.165) is 11.0 Å². The van der Waals surface area contributed by atoms with E-state index in [0.29, 0.717) is 11.0 Å². The second-order valence-electron chi connectivity index (χ2n) is 6.27. The molecule has 0 N–H and O–H groups in total. The maximum Gasteiger partial charge on any atom is 0.285 e. The quantitative estimate of drug-likeness (QED) is 0.329. The maximum atomic E-state index is 12.9. The van der Waals surface area contributed by atoms with Crippen LogP contribution in [-0.2, 0) is 0 Å². The molecule has 3 aromatic carbocycles. The lowest BCUT2D eigenvalue weighted by Gasteiger charge is -2.07. The van der Waals surface area contributed by atoms with Crippen LogP contribution in [0.3, 0.4) is 0 Å². The molecule has 0 aliphatic heterocycles. The molecule has 10 nitrogen and oxygen atoms in total. The van der Waals surface area contributed by atoms with Gasteiger partial charge in [0.2, 0.25) is 0 Å². The van der Waals surface area contributed by atoms with E-state index in [1.807, 2.05) is 0 Å². The van der Waals surface area contributed by atoms with Gasteiger partial charge in [-0.15, -0.1) is 0 Å². The predicted octanol–water partition coefficient (Wildman–Crippen LogP) is 4.77. The second-order valence-corrected chi connectivity index (χ2v) is 7.41. The van der Waals surface area contributed by atoms with Gasteiger partial charge in [-0.1, -0.05) is 30.0 Å². The Bertz CT molecular complexity index is 1270. The summed E-state index contributed by atoms with van der Waals surface area (Å²) in [5, 5.41) is 34.4. The molecule has 0 saturated heterocycles. The van der Waals surface area contributed by atoms with Gasteiger partial charge in [0.15, 0.2) is 5.78 Å². The molecule has 0 fully saturated rings. The Kier molecular flexibility index (Phi) is 4.51. The molecule has 0 amide bonds. The summed E-state index contributed by atoms with van der Waals surface area (Å²) in [7, 11) is 0. The Morgan fingerprint density at radius 2 is 1.23 bits per heavy atom. The molecule has 1 aliphatic carbocycles. The van der Waals surface area contributed by atoms with Gasteiger partial charge in [-0.25, -0.2) is 0 Å². The molecule has 0 atom stereocenters. The molecule has 0 bridgehead atoms. The number of ketones is 1. The highest BCUT2D eigenvalue weighted by Gasteiger charge is 2.41. The number of rotatable bonds is 5. The van der Waals surface area contributed by atoms with Crippen molar-refractivity contribution in [3.05, 3.63) is 96.1 Å². The Hall–Kier alpha value is -4.12. The summed E-state index contributed by atoms with van der Waals surface area (Å²) < 4.78 is 0. The zero-order chi connectivity index (χ0) is 21.6. The summed E-state index contributed by atoms with van der Waals surface area (Å²) in [5.74, 6) is -0.731. The first kappa shape index (κ1) is 19.2. The van der Waals surface area contributed by atoms with Gasteiger partial charge in [0.25, 0.3) is 17.1 Å². The highest BCUT2D eigenvalue weighted by molar-refractivity contribution is 7.99. The normalized spacial score (nSPS) is 11.7. The summed E-state index contributed by atoms with van der Waals surface area (Å²) >= 11 is 1.19.